The number of rotatable bonds is 3. The van der Waals surface area contributed by atoms with E-state index < -0.39 is 6.10 Å². The van der Waals surface area contributed by atoms with Gasteiger partial charge in [0.05, 0.1) is 42.9 Å². The van der Waals surface area contributed by atoms with Crippen molar-refractivity contribution in [2.24, 2.45) is 0 Å². The van der Waals surface area contributed by atoms with E-state index in [-0.39, 0.29) is 0 Å². The van der Waals surface area contributed by atoms with Crippen LogP contribution in [0.3, 0.4) is 0 Å². The van der Waals surface area contributed by atoms with Crippen LogP contribution in [0.4, 0.5) is 5.69 Å². The predicted octanol–water partition coefficient (Wildman–Crippen LogP) is 1.75. The molecule has 1 aliphatic rings. The van der Waals surface area contributed by atoms with Gasteiger partial charge in [-0.25, -0.2) is 0 Å². The Labute approximate surface area is 102 Å². The molecule has 0 radical (unpaired) electrons. The summed E-state index contributed by atoms with van der Waals surface area (Å²) >= 11 is 0. The van der Waals surface area contributed by atoms with E-state index in [1.807, 2.05) is 18.3 Å². The zero-order valence-electron chi connectivity index (χ0n) is 10.5. The maximum absolute atomic E-state index is 9.43. The van der Waals surface area contributed by atoms with Crippen molar-refractivity contribution in [3.8, 4) is 0 Å². The maximum atomic E-state index is 9.43. The van der Waals surface area contributed by atoms with Gasteiger partial charge in [0.2, 0.25) is 0 Å². The maximum Gasteiger partial charge on any atom is 0.0931 e. The molecule has 1 fully saturated rings. The lowest BCUT2D eigenvalue weighted by Gasteiger charge is -2.36. The first kappa shape index (κ1) is 12.3. The number of anilines is 1. The van der Waals surface area contributed by atoms with Crippen LogP contribution in [-0.2, 0) is 4.74 Å². The molecule has 1 saturated heterocycles. The Morgan fingerprint density at radius 2 is 2.41 bits per heavy atom. The monoisotopic (exact) mass is 236 g/mol. The van der Waals surface area contributed by atoms with Gasteiger partial charge in [0.1, 0.15) is 0 Å². The molecule has 0 aromatic carbocycles. The van der Waals surface area contributed by atoms with Crippen LogP contribution in [0.1, 0.15) is 32.1 Å². The van der Waals surface area contributed by atoms with Crippen molar-refractivity contribution in [1.82, 2.24) is 4.98 Å². The van der Waals surface area contributed by atoms with Gasteiger partial charge in [-0.3, -0.25) is 4.98 Å². The van der Waals surface area contributed by atoms with Gasteiger partial charge in [-0.1, -0.05) is 6.92 Å². The molecule has 2 unspecified atom stereocenters. The smallest absolute Gasteiger partial charge is 0.0931 e. The lowest BCUT2D eigenvalue weighted by molar-refractivity contribution is 0.0929. The highest BCUT2D eigenvalue weighted by Crippen LogP contribution is 2.21. The normalized spacial score (nSPS) is 22.5. The summed E-state index contributed by atoms with van der Waals surface area (Å²) in [5.41, 5.74) is 1.83. The van der Waals surface area contributed by atoms with E-state index >= 15 is 0 Å². The van der Waals surface area contributed by atoms with Crippen LogP contribution in [0.2, 0.25) is 0 Å². The highest BCUT2D eigenvalue weighted by Gasteiger charge is 2.21. The van der Waals surface area contributed by atoms with Crippen molar-refractivity contribution in [1.29, 1.82) is 0 Å². The zero-order valence-corrected chi connectivity index (χ0v) is 10.5. The minimum atomic E-state index is -0.504. The number of hydrogen-bond acceptors (Lipinski definition) is 4. The van der Waals surface area contributed by atoms with Crippen molar-refractivity contribution in [2.75, 3.05) is 24.7 Å². The third-order valence-corrected chi connectivity index (χ3v) is 3.23. The molecule has 4 nitrogen and oxygen atoms in total. The summed E-state index contributed by atoms with van der Waals surface area (Å²) in [6.07, 6.45) is 2.41. The molecular weight excluding hydrogens is 216 g/mol. The van der Waals surface area contributed by atoms with Crippen LogP contribution in [0, 0.1) is 0 Å². The minimum absolute atomic E-state index is 0.433. The minimum Gasteiger partial charge on any atom is -0.387 e. The van der Waals surface area contributed by atoms with E-state index in [2.05, 4.69) is 16.8 Å². The third-order valence-electron chi connectivity index (χ3n) is 3.23. The summed E-state index contributed by atoms with van der Waals surface area (Å²) in [5.74, 6) is 0. The van der Waals surface area contributed by atoms with Crippen LogP contribution in [0.25, 0.3) is 0 Å². The molecule has 1 aliphatic heterocycles. The lowest BCUT2D eigenvalue weighted by Crippen LogP contribution is -2.45. The quantitative estimate of drug-likeness (QED) is 0.868. The largest absolute Gasteiger partial charge is 0.387 e. The first-order valence-electron chi connectivity index (χ1n) is 6.20. The Morgan fingerprint density at radius 1 is 1.59 bits per heavy atom. The molecule has 0 saturated carbocycles. The summed E-state index contributed by atoms with van der Waals surface area (Å²) in [7, 11) is 0. The number of aliphatic hydroxyl groups excluding tert-OH is 1. The van der Waals surface area contributed by atoms with Crippen molar-refractivity contribution < 1.29 is 9.84 Å². The van der Waals surface area contributed by atoms with Crippen LogP contribution in [0.15, 0.2) is 18.3 Å². The second kappa shape index (κ2) is 5.47. The summed E-state index contributed by atoms with van der Waals surface area (Å²) < 4.78 is 5.48. The number of ether oxygens (including phenoxy) is 1. The van der Waals surface area contributed by atoms with Crippen LogP contribution >= 0.6 is 0 Å². The molecule has 0 bridgehead atoms. The fourth-order valence-corrected chi connectivity index (χ4v) is 2.15. The average Bonchev–Trinajstić information content (AvgIpc) is 2.39. The molecule has 1 N–H and O–H groups in total. The number of morpholine rings is 1. The second-order valence-corrected chi connectivity index (χ2v) is 4.45. The fraction of sp³-hybridized carbons (Fsp3) is 0.615. The Kier molecular flexibility index (Phi) is 3.97. The van der Waals surface area contributed by atoms with Gasteiger partial charge in [-0.2, -0.15) is 0 Å². The average molecular weight is 236 g/mol. The number of pyridine rings is 1. The molecule has 2 rings (SSSR count). The standard InChI is InChI=1S/C13H20N2O2/c1-3-11-9-17-7-6-15(11)12-4-5-13(10(2)16)14-8-12/h4-5,8,10-11,16H,3,6-7,9H2,1-2H3. The Hall–Kier alpha value is -1.13. The van der Waals surface area contributed by atoms with Gasteiger partial charge in [-0.05, 0) is 25.5 Å². The molecule has 1 aromatic heterocycles. The van der Waals surface area contributed by atoms with Gasteiger partial charge in [0.15, 0.2) is 0 Å². The molecule has 0 amide bonds. The number of hydrogen-bond donors (Lipinski definition) is 1. The third kappa shape index (κ3) is 2.76. The summed E-state index contributed by atoms with van der Waals surface area (Å²) in [5, 5.41) is 9.43. The molecule has 17 heavy (non-hydrogen) atoms. The Bertz CT molecular complexity index is 351. The van der Waals surface area contributed by atoms with E-state index in [1.165, 1.54) is 0 Å². The second-order valence-electron chi connectivity index (χ2n) is 4.45. The number of aliphatic hydroxyl groups is 1. The van der Waals surface area contributed by atoms with Crippen LogP contribution in [0.5, 0.6) is 0 Å². The van der Waals surface area contributed by atoms with E-state index in [9.17, 15) is 5.11 Å². The lowest BCUT2D eigenvalue weighted by atomic mass is 10.1. The summed E-state index contributed by atoms with van der Waals surface area (Å²) in [6.45, 7) is 6.37. The SMILES string of the molecule is CCC1COCCN1c1ccc(C(C)O)nc1. The molecule has 0 aliphatic carbocycles. The van der Waals surface area contributed by atoms with Gasteiger partial charge in [0.25, 0.3) is 0 Å². The van der Waals surface area contributed by atoms with Gasteiger partial charge >= 0.3 is 0 Å². The topological polar surface area (TPSA) is 45.6 Å². The molecule has 2 atom stereocenters. The van der Waals surface area contributed by atoms with Crippen molar-refractivity contribution >= 4 is 5.69 Å². The molecule has 1 aromatic rings. The molecule has 94 valence electrons. The van der Waals surface area contributed by atoms with Gasteiger partial charge in [0, 0.05) is 6.54 Å². The van der Waals surface area contributed by atoms with Crippen LogP contribution in [-0.4, -0.2) is 35.9 Å². The van der Waals surface area contributed by atoms with Crippen molar-refractivity contribution in [2.45, 2.75) is 32.4 Å². The summed E-state index contributed by atoms with van der Waals surface area (Å²) in [6, 6.07) is 4.36. The van der Waals surface area contributed by atoms with E-state index in [0.29, 0.717) is 6.04 Å². The molecule has 2 heterocycles. The summed E-state index contributed by atoms with van der Waals surface area (Å²) in [4.78, 5) is 6.63. The number of nitrogens with zero attached hydrogens (tertiary/aromatic N) is 2. The van der Waals surface area contributed by atoms with E-state index in [4.69, 9.17) is 4.74 Å². The first-order valence-corrected chi connectivity index (χ1v) is 6.20. The van der Waals surface area contributed by atoms with Gasteiger partial charge < -0.3 is 14.7 Å². The highest BCUT2D eigenvalue weighted by molar-refractivity contribution is 5.46. The number of aromatic nitrogens is 1. The van der Waals surface area contributed by atoms with E-state index in [1.54, 1.807) is 6.92 Å². The van der Waals surface area contributed by atoms with E-state index in [0.717, 1.165) is 37.6 Å². The first-order chi connectivity index (χ1) is 8.22. The van der Waals surface area contributed by atoms with Gasteiger partial charge in [-0.15, -0.1) is 0 Å². The van der Waals surface area contributed by atoms with Crippen LogP contribution < -0.4 is 4.90 Å². The van der Waals surface area contributed by atoms with Crippen molar-refractivity contribution in [3.05, 3.63) is 24.0 Å². The Balaban J connectivity index is 2.15. The highest BCUT2D eigenvalue weighted by atomic mass is 16.5. The molecular formula is C13H20N2O2. The molecule has 0 spiro atoms. The molecule has 4 heteroatoms. The fourth-order valence-electron chi connectivity index (χ4n) is 2.15. The van der Waals surface area contributed by atoms with Crippen molar-refractivity contribution in [3.63, 3.8) is 0 Å². The zero-order chi connectivity index (χ0) is 12.3. The predicted molar refractivity (Wildman–Crippen MR) is 67.1 cm³/mol. The Morgan fingerprint density at radius 3 is 3.00 bits per heavy atom.